The predicted octanol–water partition coefficient (Wildman–Crippen LogP) is 9.49. The summed E-state index contributed by atoms with van der Waals surface area (Å²) in [6.07, 6.45) is 24.3. The van der Waals surface area contributed by atoms with Crippen LogP contribution in [0.3, 0.4) is 0 Å². The minimum absolute atomic E-state index is 0. The van der Waals surface area contributed by atoms with Crippen molar-refractivity contribution in [2.75, 3.05) is 0 Å². The molecule has 0 aliphatic heterocycles. The van der Waals surface area contributed by atoms with E-state index < -0.39 is 40.1 Å². The van der Waals surface area contributed by atoms with Gasteiger partial charge in [-0.15, -0.1) is 24.8 Å². The molecular weight excluding hydrogens is 820 g/mol. The molecular formula is C28H42Cl2Hf2Si2. The first-order chi connectivity index (χ1) is 15.2. The van der Waals surface area contributed by atoms with E-state index in [-0.39, 0.29) is 35.8 Å². The monoisotopic (exact) mass is 864 g/mol. The van der Waals surface area contributed by atoms with Gasteiger partial charge in [-0.05, 0) is 0 Å². The Labute approximate surface area is 237 Å². The van der Waals surface area contributed by atoms with E-state index in [1.54, 1.807) is 22.3 Å². The Morgan fingerprint density at radius 3 is 1.15 bits per heavy atom. The first-order valence-corrected chi connectivity index (χ1v) is 35.0. The van der Waals surface area contributed by atoms with Crippen LogP contribution in [-0.4, -0.2) is 11.0 Å². The number of halogens is 2. The molecule has 0 bridgehead atoms. The summed E-state index contributed by atoms with van der Waals surface area (Å²) < 4.78 is 7.48. The van der Waals surface area contributed by atoms with Gasteiger partial charge in [0.05, 0.1) is 0 Å². The fraction of sp³-hybridized carbons (Fsp3) is 0.429. The van der Waals surface area contributed by atoms with E-state index in [2.05, 4.69) is 102 Å². The Bertz CT molecular complexity index is 1040. The Kier molecular flexibility index (Phi) is 14.6. The summed E-state index contributed by atoms with van der Waals surface area (Å²) in [4.78, 5) is 0. The van der Waals surface area contributed by atoms with E-state index in [1.165, 1.54) is 25.7 Å². The Morgan fingerprint density at radius 2 is 0.941 bits per heavy atom. The van der Waals surface area contributed by atoms with Crippen LogP contribution in [0.1, 0.15) is 53.4 Å². The minimum atomic E-state index is -1.58. The molecule has 0 saturated carbocycles. The summed E-state index contributed by atoms with van der Waals surface area (Å²) in [5, 5.41) is 0. The van der Waals surface area contributed by atoms with E-state index in [0.717, 1.165) is 0 Å². The van der Waals surface area contributed by atoms with Gasteiger partial charge < -0.3 is 0 Å². The number of rotatable bonds is 4. The minimum Gasteiger partial charge on any atom is -0.147 e. The van der Waals surface area contributed by atoms with E-state index >= 15 is 0 Å². The third kappa shape index (κ3) is 8.35. The van der Waals surface area contributed by atoms with Crippen LogP contribution < -0.4 is 0 Å². The van der Waals surface area contributed by atoms with Gasteiger partial charge in [-0.3, -0.25) is 0 Å². The second-order valence-corrected chi connectivity index (χ2v) is 58.4. The SMILES string of the molecule is CC1=C(C)C[C]([Hf]([C]2=CC=CC2)=[Si](C)C)=C1.CC1=C(C)C[C]([Hf]([C]2=CC=CC2)=[Si](C)C)=C1.Cl.Cl. The van der Waals surface area contributed by atoms with Gasteiger partial charge in [-0.25, -0.2) is 0 Å². The first-order valence-electron chi connectivity index (χ1n) is 12.0. The number of hydrogen-bond acceptors (Lipinski definition) is 0. The second kappa shape index (κ2) is 15.2. The molecule has 0 amide bonds. The van der Waals surface area contributed by atoms with Gasteiger partial charge in [0.15, 0.2) is 0 Å². The van der Waals surface area contributed by atoms with Gasteiger partial charge in [0.1, 0.15) is 0 Å². The number of allylic oxidation sites excluding steroid dienone is 16. The van der Waals surface area contributed by atoms with Crippen LogP contribution in [0.4, 0.5) is 0 Å². The molecule has 4 rings (SSSR count). The molecule has 0 spiro atoms. The van der Waals surface area contributed by atoms with Gasteiger partial charge in [0.2, 0.25) is 0 Å². The largest absolute Gasteiger partial charge is 0.147 e. The molecule has 6 heteroatoms. The molecule has 0 saturated heterocycles. The summed E-state index contributed by atoms with van der Waals surface area (Å²) in [7, 11) is 0. The molecule has 0 N–H and O–H groups in total. The maximum atomic E-state index is 2.54. The van der Waals surface area contributed by atoms with Crippen LogP contribution in [0.5, 0.6) is 0 Å². The van der Waals surface area contributed by atoms with Crippen molar-refractivity contribution >= 4 is 35.8 Å². The van der Waals surface area contributed by atoms with Crippen molar-refractivity contribution in [2.45, 2.75) is 79.6 Å². The maximum absolute atomic E-state index is 2.54. The van der Waals surface area contributed by atoms with Gasteiger partial charge >= 0.3 is 215 Å². The summed E-state index contributed by atoms with van der Waals surface area (Å²) in [5.41, 5.74) is 6.18. The van der Waals surface area contributed by atoms with Crippen LogP contribution in [0.25, 0.3) is 0 Å². The summed E-state index contributed by atoms with van der Waals surface area (Å²) in [5.74, 6) is 0. The van der Waals surface area contributed by atoms with E-state index in [4.69, 9.17) is 0 Å². The van der Waals surface area contributed by atoms with Crippen molar-refractivity contribution in [1.29, 1.82) is 0 Å². The Hall–Kier alpha value is 0.674. The van der Waals surface area contributed by atoms with Crippen LogP contribution in [0.2, 0.25) is 26.2 Å². The maximum Gasteiger partial charge on any atom is -0.147 e. The summed E-state index contributed by atoms with van der Waals surface area (Å²) in [6, 6.07) is 0. The average molecular weight is 863 g/mol. The smallest absolute Gasteiger partial charge is 0.147 e. The zero-order chi connectivity index (χ0) is 23.4. The van der Waals surface area contributed by atoms with Crippen molar-refractivity contribution in [3.63, 3.8) is 0 Å². The van der Waals surface area contributed by atoms with Gasteiger partial charge in [-0.2, -0.15) is 0 Å². The molecule has 0 aromatic carbocycles. The molecule has 0 atom stereocenters. The standard InChI is InChI=1S/2C7H9.2C5H5.2C2H6Si.2ClH.2Hf/c2*1-6-4-3-5-7(6)2;2*1-2-4-5-3-1;2*1-3-2;;;;/h2*4H,5H2,1-2H3;2*1-3H,4H2;2*1-2H3;2*1H;;. The normalized spacial score (nSPS) is 17.9. The van der Waals surface area contributed by atoms with Crippen molar-refractivity contribution < 1.29 is 40.1 Å². The van der Waals surface area contributed by atoms with Gasteiger partial charge in [0, 0.05) is 0 Å². The van der Waals surface area contributed by atoms with Crippen LogP contribution in [0, 0.1) is 0 Å². The molecule has 4 aliphatic rings. The molecule has 0 heterocycles. The zero-order valence-corrected chi connectivity index (χ0v) is 33.1. The molecule has 0 radical (unpaired) electrons. The molecule has 0 fully saturated rings. The van der Waals surface area contributed by atoms with E-state index in [1.807, 2.05) is 13.3 Å². The van der Waals surface area contributed by atoms with Gasteiger partial charge in [0.25, 0.3) is 0 Å². The predicted molar refractivity (Wildman–Crippen MR) is 155 cm³/mol. The summed E-state index contributed by atoms with van der Waals surface area (Å²) in [6.45, 7) is 19.3. The first kappa shape index (κ1) is 32.7. The Morgan fingerprint density at radius 1 is 0.588 bits per heavy atom. The van der Waals surface area contributed by atoms with E-state index in [9.17, 15) is 0 Å². The van der Waals surface area contributed by atoms with Crippen molar-refractivity contribution in [1.82, 2.24) is 0 Å². The molecule has 34 heavy (non-hydrogen) atoms. The van der Waals surface area contributed by atoms with Crippen LogP contribution in [0.15, 0.2) is 84.2 Å². The summed E-state index contributed by atoms with van der Waals surface area (Å²) >= 11 is -3.17. The van der Waals surface area contributed by atoms with E-state index in [0.29, 0.717) is 0 Å². The number of hydrogen-bond donors (Lipinski definition) is 0. The molecule has 0 aromatic heterocycles. The van der Waals surface area contributed by atoms with Gasteiger partial charge in [-0.1, -0.05) is 0 Å². The fourth-order valence-corrected chi connectivity index (χ4v) is 53.9. The average Bonchev–Trinajstić information content (AvgIpc) is 3.50. The zero-order valence-electron chi connectivity index (χ0n) is 22.3. The Balaban J connectivity index is 0.000000321. The topological polar surface area (TPSA) is 0 Å². The van der Waals surface area contributed by atoms with Crippen LogP contribution in [-0.2, 0) is 40.1 Å². The quantitative estimate of drug-likeness (QED) is 0.248. The van der Waals surface area contributed by atoms with Crippen molar-refractivity contribution in [3.8, 4) is 0 Å². The molecule has 0 aromatic rings. The fourth-order valence-electron chi connectivity index (χ4n) is 5.00. The second-order valence-electron chi connectivity index (χ2n) is 10.0. The third-order valence-corrected chi connectivity index (χ3v) is 55.1. The molecule has 0 unspecified atom stereocenters. The molecule has 0 nitrogen and oxygen atoms in total. The van der Waals surface area contributed by atoms with Crippen molar-refractivity contribution in [2.24, 2.45) is 0 Å². The van der Waals surface area contributed by atoms with Crippen LogP contribution >= 0.6 is 24.8 Å². The molecule has 4 aliphatic carbocycles. The van der Waals surface area contributed by atoms with Crippen molar-refractivity contribution in [3.05, 3.63) is 84.2 Å². The third-order valence-electron chi connectivity index (χ3n) is 6.87. The molecule has 184 valence electrons.